The molecule has 158 valence electrons. The Kier molecular flexibility index (Phi) is 6.21. The van der Waals surface area contributed by atoms with Crippen LogP contribution in [0.15, 0.2) is 42.5 Å². The quantitative estimate of drug-likeness (QED) is 0.489. The summed E-state index contributed by atoms with van der Waals surface area (Å²) in [5.74, 6) is -0.112. The Morgan fingerprint density at radius 1 is 1.17 bits per heavy atom. The number of rotatable bonds is 7. The molecule has 1 N–H and O–H groups in total. The molecule has 4 heteroatoms. The van der Waals surface area contributed by atoms with E-state index in [2.05, 4.69) is 24.3 Å². The molecular formula is C26H30O4. The van der Waals surface area contributed by atoms with Crippen molar-refractivity contribution in [2.24, 2.45) is 11.8 Å². The predicted molar refractivity (Wildman–Crippen MR) is 116 cm³/mol. The Labute approximate surface area is 178 Å². The van der Waals surface area contributed by atoms with Gasteiger partial charge in [0, 0.05) is 6.07 Å². The van der Waals surface area contributed by atoms with Gasteiger partial charge in [-0.3, -0.25) is 4.79 Å². The highest BCUT2D eigenvalue weighted by Gasteiger charge is 2.44. The Hall–Kier alpha value is -2.62. The van der Waals surface area contributed by atoms with E-state index in [0.29, 0.717) is 11.3 Å². The molecular weight excluding hydrogens is 376 g/mol. The Balaban J connectivity index is 1.48. The molecule has 2 aromatic rings. The number of Topliss-reactive ketones (excluding diaryl/α,β-unsaturated/α-hetero) is 1. The van der Waals surface area contributed by atoms with Crippen LogP contribution in [0.4, 0.5) is 0 Å². The topological polar surface area (TPSA) is 63.6 Å². The maximum Gasteiger partial charge on any atom is 0.177 e. The molecule has 1 fully saturated rings. The van der Waals surface area contributed by atoms with Gasteiger partial charge >= 0.3 is 0 Å². The van der Waals surface area contributed by atoms with Crippen molar-refractivity contribution in [1.29, 1.82) is 0 Å². The lowest BCUT2D eigenvalue weighted by molar-refractivity contribution is -0.111. The number of ether oxygens (including phenoxy) is 1. The van der Waals surface area contributed by atoms with Crippen LogP contribution in [0.3, 0.4) is 0 Å². The van der Waals surface area contributed by atoms with Crippen molar-refractivity contribution in [2.45, 2.75) is 63.9 Å². The molecule has 0 bridgehead atoms. The van der Waals surface area contributed by atoms with Crippen LogP contribution < -0.4 is 4.74 Å². The molecule has 2 aliphatic rings. The van der Waals surface area contributed by atoms with Crippen molar-refractivity contribution in [2.75, 3.05) is 0 Å². The maximum atomic E-state index is 12.9. The zero-order valence-corrected chi connectivity index (χ0v) is 17.5. The van der Waals surface area contributed by atoms with Crippen molar-refractivity contribution in [3.8, 4) is 11.5 Å². The number of phenolic OH excluding ortho intramolecular Hbond substituents is 1. The first-order valence-electron chi connectivity index (χ1n) is 11.2. The number of aldehydes is 1. The van der Waals surface area contributed by atoms with E-state index < -0.39 is 5.92 Å². The highest BCUT2D eigenvalue weighted by atomic mass is 16.5. The summed E-state index contributed by atoms with van der Waals surface area (Å²) in [6, 6.07) is 13.9. The number of aryl methyl sites for hydroxylation is 1. The first kappa shape index (κ1) is 20.6. The molecule has 2 aromatic carbocycles. The first-order chi connectivity index (χ1) is 14.6. The third kappa shape index (κ3) is 4.14. The largest absolute Gasteiger partial charge is 0.507 e. The highest BCUT2D eigenvalue weighted by Crippen LogP contribution is 2.50. The van der Waals surface area contributed by atoms with E-state index in [9.17, 15) is 14.7 Å². The van der Waals surface area contributed by atoms with Gasteiger partial charge in [-0.15, -0.1) is 0 Å². The molecule has 0 spiro atoms. The van der Waals surface area contributed by atoms with Crippen LogP contribution in [0.25, 0.3) is 0 Å². The monoisotopic (exact) mass is 406 g/mol. The third-order valence-corrected chi connectivity index (χ3v) is 6.75. The van der Waals surface area contributed by atoms with Crippen molar-refractivity contribution < 1.29 is 19.4 Å². The lowest BCUT2D eigenvalue weighted by Crippen LogP contribution is -2.37. The Bertz CT molecular complexity index is 905. The van der Waals surface area contributed by atoms with Crippen LogP contribution >= 0.6 is 0 Å². The van der Waals surface area contributed by atoms with Crippen LogP contribution in [0.5, 0.6) is 11.5 Å². The minimum Gasteiger partial charge on any atom is -0.507 e. The van der Waals surface area contributed by atoms with E-state index in [4.69, 9.17) is 4.74 Å². The SMILES string of the molecule is CC(CCCc1ccccc1)Oc1cc(O)c2c(c1)[C@@H]1CCCC[C@H]1C(C=O)C2=O. The van der Waals surface area contributed by atoms with E-state index in [-0.39, 0.29) is 29.5 Å². The van der Waals surface area contributed by atoms with Gasteiger partial charge in [-0.2, -0.15) is 0 Å². The molecule has 2 unspecified atom stereocenters. The number of hydrogen-bond donors (Lipinski definition) is 1. The number of hydrogen-bond acceptors (Lipinski definition) is 4. The van der Waals surface area contributed by atoms with Gasteiger partial charge in [-0.1, -0.05) is 43.2 Å². The Morgan fingerprint density at radius 3 is 2.70 bits per heavy atom. The fraction of sp³-hybridized carbons (Fsp3) is 0.462. The van der Waals surface area contributed by atoms with Crippen molar-refractivity contribution >= 4 is 12.1 Å². The summed E-state index contributed by atoms with van der Waals surface area (Å²) in [6.07, 6.45) is 7.71. The summed E-state index contributed by atoms with van der Waals surface area (Å²) >= 11 is 0. The summed E-state index contributed by atoms with van der Waals surface area (Å²) in [5.41, 5.74) is 2.52. The first-order valence-corrected chi connectivity index (χ1v) is 11.2. The van der Waals surface area contributed by atoms with E-state index in [0.717, 1.165) is 56.8 Å². The smallest absolute Gasteiger partial charge is 0.177 e. The molecule has 4 rings (SSSR count). The number of phenols is 1. The van der Waals surface area contributed by atoms with Gasteiger partial charge < -0.3 is 14.6 Å². The molecule has 4 nitrogen and oxygen atoms in total. The lowest BCUT2D eigenvalue weighted by Gasteiger charge is -2.40. The maximum absolute atomic E-state index is 12.9. The number of benzene rings is 2. The molecule has 4 atom stereocenters. The van der Waals surface area contributed by atoms with E-state index in [1.165, 1.54) is 11.6 Å². The molecule has 0 radical (unpaired) electrons. The van der Waals surface area contributed by atoms with Gasteiger partial charge in [0.05, 0.1) is 17.6 Å². The average Bonchev–Trinajstić information content (AvgIpc) is 2.74. The molecule has 2 aliphatic carbocycles. The second-order valence-electron chi connectivity index (χ2n) is 8.79. The lowest BCUT2D eigenvalue weighted by atomic mass is 9.63. The molecule has 0 aliphatic heterocycles. The Morgan fingerprint density at radius 2 is 1.93 bits per heavy atom. The number of fused-ring (bicyclic) bond motifs is 3. The number of carbonyl (C=O) groups is 2. The number of carbonyl (C=O) groups excluding carboxylic acids is 2. The predicted octanol–water partition coefficient (Wildman–Crippen LogP) is 5.47. The summed E-state index contributed by atoms with van der Waals surface area (Å²) in [5, 5.41) is 10.6. The zero-order valence-electron chi connectivity index (χ0n) is 17.5. The van der Waals surface area contributed by atoms with Crippen molar-refractivity contribution in [1.82, 2.24) is 0 Å². The molecule has 0 saturated heterocycles. The fourth-order valence-corrected chi connectivity index (χ4v) is 5.28. The second-order valence-corrected chi connectivity index (χ2v) is 8.79. The van der Waals surface area contributed by atoms with E-state index in [1.807, 2.05) is 19.1 Å². The van der Waals surface area contributed by atoms with Gasteiger partial charge in [0.15, 0.2) is 5.78 Å². The molecule has 1 saturated carbocycles. The van der Waals surface area contributed by atoms with Gasteiger partial charge in [-0.25, -0.2) is 0 Å². The summed E-state index contributed by atoms with van der Waals surface area (Å²) < 4.78 is 6.13. The highest BCUT2D eigenvalue weighted by molar-refractivity contribution is 6.09. The fourth-order valence-electron chi connectivity index (χ4n) is 5.28. The average molecular weight is 407 g/mol. The number of ketones is 1. The second kappa shape index (κ2) is 9.03. The van der Waals surface area contributed by atoms with Crippen LogP contribution in [-0.2, 0) is 11.2 Å². The van der Waals surface area contributed by atoms with Crippen molar-refractivity contribution in [3.05, 3.63) is 59.2 Å². The minimum atomic E-state index is -0.627. The van der Waals surface area contributed by atoms with Crippen molar-refractivity contribution in [3.63, 3.8) is 0 Å². The van der Waals surface area contributed by atoms with Gasteiger partial charge in [-0.05, 0) is 68.1 Å². The molecule has 30 heavy (non-hydrogen) atoms. The van der Waals surface area contributed by atoms with Crippen LogP contribution in [-0.4, -0.2) is 23.3 Å². The normalized spacial score (nSPS) is 23.9. The van der Waals surface area contributed by atoms with E-state index >= 15 is 0 Å². The standard InChI is InChI=1S/C26H30O4/c1-17(8-7-11-18-9-3-2-4-10-18)30-19-14-22-20-12-5-6-13-21(20)23(16-27)26(29)25(22)24(28)15-19/h2-4,9-10,14-17,20-21,23,28H,5-8,11-13H2,1H3/t17?,20-,21-,23?/m1/s1. The van der Waals surface area contributed by atoms with Gasteiger partial charge in [0.2, 0.25) is 0 Å². The van der Waals surface area contributed by atoms with Gasteiger partial charge in [0.1, 0.15) is 17.8 Å². The summed E-state index contributed by atoms with van der Waals surface area (Å²) in [7, 11) is 0. The summed E-state index contributed by atoms with van der Waals surface area (Å²) in [4.78, 5) is 24.5. The van der Waals surface area contributed by atoms with Crippen LogP contribution in [0.1, 0.15) is 72.9 Å². The van der Waals surface area contributed by atoms with Crippen LogP contribution in [0.2, 0.25) is 0 Å². The molecule has 0 aromatic heterocycles. The van der Waals surface area contributed by atoms with Gasteiger partial charge in [0.25, 0.3) is 0 Å². The van der Waals surface area contributed by atoms with Crippen LogP contribution in [0, 0.1) is 11.8 Å². The van der Waals surface area contributed by atoms with E-state index in [1.54, 1.807) is 0 Å². The molecule has 0 amide bonds. The number of aromatic hydroxyl groups is 1. The third-order valence-electron chi connectivity index (χ3n) is 6.75. The minimum absolute atomic E-state index is 0.00957. The molecule has 0 heterocycles. The zero-order chi connectivity index (χ0) is 21.1. The summed E-state index contributed by atoms with van der Waals surface area (Å²) in [6.45, 7) is 2.04.